The van der Waals surface area contributed by atoms with E-state index in [1.54, 1.807) is 0 Å². The van der Waals surface area contributed by atoms with Crippen LogP contribution in [0.2, 0.25) is 0 Å². The van der Waals surface area contributed by atoms with Crippen LogP contribution in [0.1, 0.15) is 58.3 Å². The smallest absolute Gasteiger partial charge is 0.0697 e. The van der Waals surface area contributed by atoms with Gasteiger partial charge in [-0.15, -0.1) is 0 Å². The Morgan fingerprint density at radius 2 is 1.84 bits per heavy atom. The summed E-state index contributed by atoms with van der Waals surface area (Å²) >= 11 is 0. The second kappa shape index (κ2) is 5.71. The molecule has 3 nitrogen and oxygen atoms in total. The van der Waals surface area contributed by atoms with Crippen LogP contribution in [0.4, 0.5) is 0 Å². The number of rotatable bonds is 2. The molecule has 3 heteroatoms. The molecule has 2 atom stereocenters. The number of likely N-dealkylation sites (tertiary alicyclic amines) is 1. The average Bonchev–Trinajstić information content (AvgIpc) is 2.87. The molecule has 1 saturated carbocycles. The molecule has 0 aromatic carbocycles. The summed E-state index contributed by atoms with van der Waals surface area (Å²) in [5, 5.41) is 0. The molecule has 2 N–H and O–H groups in total. The van der Waals surface area contributed by atoms with E-state index in [0.29, 0.717) is 6.04 Å². The minimum atomic E-state index is 0.265. The zero-order valence-corrected chi connectivity index (χ0v) is 12.4. The van der Waals surface area contributed by atoms with E-state index in [2.05, 4.69) is 11.8 Å². The van der Waals surface area contributed by atoms with E-state index in [0.717, 1.165) is 18.6 Å². The first kappa shape index (κ1) is 13.8. The summed E-state index contributed by atoms with van der Waals surface area (Å²) in [4.78, 5) is 2.74. The van der Waals surface area contributed by atoms with Crippen LogP contribution in [0.25, 0.3) is 0 Å². The zero-order chi connectivity index (χ0) is 13.3. The minimum absolute atomic E-state index is 0.265. The van der Waals surface area contributed by atoms with Gasteiger partial charge in [-0.2, -0.15) is 0 Å². The molecule has 3 aliphatic rings. The molecule has 2 unspecified atom stereocenters. The van der Waals surface area contributed by atoms with E-state index in [1.165, 1.54) is 64.5 Å². The maximum absolute atomic E-state index is 6.16. The normalized spacial score (nSPS) is 34.7. The van der Waals surface area contributed by atoms with Crippen molar-refractivity contribution in [2.24, 2.45) is 11.7 Å². The van der Waals surface area contributed by atoms with Crippen molar-refractivity contribution in [2.75, 3.05) is 19.7 Å². The van der Waals surface area contributed by atoms with E-state index in [-0.39, 0.29) is 5.60 Å². The van der Waals surface area contributed by atoms with E-state index in [1.807, 2.05) is 0 Å². The second-order valence-corrected chi connectivity index (χ2v) is 7.12. The van der Waals surface area contributed by atoms with Crippen molar-refractivity contribution in [3.05, 3.63) is 0 Å². The molecule has 2 saturated heterocycles. The molecule has 0 amide bonds. The van der Waals surface area contributed by atoms with Crippen LogP contribution in [-0.4, -0.2) is 42.3 Å². The van der Waals surface area contributed by atoms with Gasteiger partial charge < -0.3 is 15.4 Å². The summed E-state index contributed by atoms with van der Waals surface area (Å²) in [7, 11) is 0. The first-order valence-corrected chi connectivity index (χ1v) is 8.32. The van der Waals surface area contributed by atoms with Crippen molar-refractivity contribution in [1.29, 1.82) is 0 Å². The average molecular weight is 266 g/mol. The summed E-state index contributed by atoms with van der Waals surface area (Å²) in [6, 6.07) is 1.15. The van der Waals surface area contributed by atoms with Crippen LogP contribution in [0.3, 0.4) is 0 Å². The molecule has 1 aliphatic carbocycles. The van der Waals surface area contributed by atoms with Gasteiger partial charge in [0.15, 0.2) is 0 Å². The molecule has 0 bridgehead atoms. The Morgan fingerprint density at radius 3 is 2.47 bits per heavy atom. The molecule has 3 fully saturated rings. The molecule has 2 heterocycles. The summed E-state index contributed by atoms with van der Waals surface area (Å²) in [5.74, 6) is 0.747. The van der Waals surface area contributed by atoms with Gasteiger partial charge in [0.05, 0.1) is 5.60 Å². The van der Waals surface area contributed by atoms with E-state index < -0.39 is 0 Å². The van der Waals surface area contributed by atoms with Crippen LogP contribution in [0.15, 0.2) is 0 Å². The van der Waals surface area contributed by atoms with Crippen LogP contribution < -0.4 is 5.73 Å². The number of nitrogens with zero attached hydrogens (tertiary/aromatic N) is 1. The van der Waals surface area contributed by atoms with Gasteiger partial charge in [-0.1, -0.05) is 12.8 Å². The number of hydrogen-bond acceptors (Lipinski definition) is 3. The Hall–Kier alpha value is -0.120. The number of nitrogens with two attached hydrogens (primary N) is 1. The van der Waals surface area contributed by atoms with E-state index in [4.69, 9.17) is 10.5 Å². The molecule has 0 aromatic rings. The summed E-state index contributed by atoms with van der Waals surface area (Å²) in [6.07, 6.45) is 10.5. The van der Waals surface area contributed by atoms with Crippen molar-refractivity contribution in [3.63, 3.8) is 0 Å². The topological polar surface area (TPSA) is 38.5 Å². The third kappa shape index (κ3) is 2.98. The van der Waals surface area contributed by atoms with Gasteiger partial charge in [0.2, 0.25) is 0 Å². The maximum atomic E-state index is 6.16. The lowest BCUT2D eigenvalue weighted by atomic mass is 9.85. The van der Waals surface area contributed by atoms with Gasteiger partial charge >= 0.3 is 0 Å². The molecule has 2 aliphatic heterocycles. The van der Waals surface area contributed by atoms with Gasteiger partial charge in [-0.3, -0.25) is 0 Å². The first-order valence-electron chi connectivity index (χ1n) is 8.32. The Labute approximate surface area is 117 Å². The Morgan fingerprint density at radius 1 is 1.16 bits per heavy atom. The lowest BCUT2D eigenvalue weighted by molar-refractivity contribution is -0.105. The third-order valence-corrected chi connectivity index (χ3v) is 5.82. The summed E-state index contributed by atoms with van der Waals surface area (Å²) in [5.41, 5.74) is 6.31. The van der Waals surface area contributed by atoms with Crippen LogP contribution in [-0.2, 0) is 4.74 Å². The van der Waals surface area contributed by atoms with Crippen molar-refractivity contribution in [2.45, 2.75) is 76.0 Å². The standard InChI is InChI=1S/C16H30N2O/c1-13(17)14-4-9-18(10-5-14)15-6-11-19-16(12-15)7-2-3-8-16/h13-15H,2-12,17H2,1H3. The molecular weight excluding hydrogens is 236 g/mol. The lowest BCUT2D eigenvalue weighted by Crippen LogP contribution is -2.51. The van der Waals surface area contributed by atoms with Gasteiger partial charge in [0.25, 0.3) is 0 Å². The fourth-order valence-electron chi connectivity index (χ4n) is 4.49. The number of hydrogen-bond donors (Lipinski definition) is 1. The minimum Gasteiger partial charge on any atom is -0.375 e. The van der Waals surface area contributed by atoms with Gasteiger partial charge in [0, 0.05) is 18.7 Å². The van der Waals surface area contributed by atoms with Gasteiger partial charge in [-0.05, 0) is 64.5 Å². The SMILES string of the molecule is CC(N)C1CCN(C2CCOC3(CCCC3)C2)CC1. The number of piperidine rings is 1. The highest BCUT2D eigenvalue weighted by Gasteiger charge is 2.41. The molecule has 3 rings (SSSR count). The zero-order valence-electron chi connectivity index (χ0n) is 12.4. The predicted molar refractivity (Wildman–Crippen MR) is 78.1 cm³/mol. The van der Waals surface area contributed by atoms with Crippen LogP contribution in [0.5, 0.6) is 0 Å². The van der Waals surface area contributed by atoms with Crippen molar-refractivity contribution in [3.8, 4) is 0 Å². The number of ether oxygens (including phenoxy) is 1. The van der Waals surface area contributed by atoms with Crippen LogP contribution >= 0.6 is 0 Å². The molecule has 19 heavy (non-hydrogen) atoms. The monoisotopic (exact) mass is 266 g/mol. The lowest BCUT2D eigenvalue weighted by Gasteiger charge is -2.45. The Balaban J connectivity index is 1.55. The van der Waals surface area contributed by atoms with E-state index in [9.17, 15) is 0 Å². The summed E-state index contributed by atoms with van der Waals surface area (Å²) in [6.45, 7) is 5.67. The Bertz CT molecular complexity index is 291. The Kier molecular flexibility index (Phi) is 4.16. The molecule has 0 aromatic heterocycles. The van der Waals surface area contributed by atoms with Crippen LogP contribution in [0, 0.1) is 5.92 Å². The fraction of sp³-hybridized carbons (Fsp3) is 1.00. The molecule has 110 valence electrons. The molecular formula is C16H30N2O. The predicted octanol–water partition coefficient (Wildman–Crippen LogP) is 2.54. The second-order valence-electron chi connectivity index (χ2n) is 7.12. The quantitative estimate of drug-likeness (QED) is 0.835. The van der Waals surface area contributed by atoms with Crippen molar-refractivity contribution >= 4 is 0 Å². The highest BCUT2D eigenvalue weighted by molar-refractivity contribution is 4.95. The van der Waals surface area contributed by atoms with Gasteiger partial charge in [0.1, 0.15) is 0 Å². The summed E-state index contributed by atoms with van der Waals surface area (Å²) < 4.78 is 6.16. The maximum Gasteiger partial charge on any atom is 0.0697 e. The first-order chi connectivity index (χ1) is 9.19. The largest absolute Gasteiger partial charge is 0.375 e. The third-order valence-electron chi connectivity index (χ3n) is 5.82. The molecule has 0 radical (unpaired) electrons. The highest BCUT2D eigenvalue weighted by atomic mass is 16.5. The van der Waals surface area contributed by atoms with Gasteiger partial charge in [-0.25, -0.2) is 0 Å². The van der Waals surface area contributed by atoms with E-state index >= 15 is 0 Å². The fourth-order valence-corrected chi connectivity index (χ4v) is 4.49. The van der Waals surface area contributed by atoms with Crippen molar-refractivity contribution in [1.82, 2.24) is 4.90 Å². The highest BCUT2D eigenvalue weighted by Crippen LogP contribution is 2.41. The molecule has 1 spiro atoms. The van der Waals surface area contributed by atoms with Crippen molar-refractivity contribution < 1.29 is 4.74 Å².